The van der Waals surface area contributed by atoms with Crippen LogP contribution in [-0.4, -0.2) is 55.5 Å². The average Bonchev–Trinajstić information content (AvgIpc) is 3.01. The molecular weight excluding hydrogens is 435 g/mol. The number of hydrogen-bond acceptors (Lipinski definition) is 2. The molecule has 1 aromatic carbocycles. The molecule has 1 heterocycles. The Labute approximate surface area is 168 Å². The van der Waals surface area contributed by atoms with Crippen LogP contribution in [0.3, 0.4) is 0 Å². The minimum atomic E-state index is 0. The van der Waals surface area contributed by atoms with Gasteiger partial charge in [-0.25, -0.2) is 0 Å². The number of guanidine groups is 1. The van der Waals surface area contributed by atoms with Crippen LogP contribution < -0.4 is 5.32 Å². The minimum absolute atomic E-state index is 0. The van der Waals surface area contributed by atoms with Gasteiger partial charge >= 0.3 is 0 Å². The number of nitrogens with zero attached hydrogens (tertiary/aromatic N) is 3. The van der Waals surface area contributed by atoms with E-state index < -0.39 is 0 Å². The van der Waals surface area contributed by atoms with E-state index in [4.69, 9.17) is 16.6 Å². The fourth-order valence-electron chi connectivity index (χ4n) is 2.99. The van der Waals surface area contributed by atoms with Crippen LogP contribution in [0.1, 0.15) is 25.8 Å². The Balaban J connectivity index is 0.00000288. The molecule has 2 rings (SSSR count). The Morgan fingerprint density at radius 3 is 2.75 bits per heavy atom. The van der Waals surface area contributed by atoms with Crippen molar-refractivity contribution in [1.29, 1.82) is 0 Å². The van der Waals surface area contributed by atoms with Crippen LogP contribution in [0.2, 0.25) is 5.02 Å². The highest BCUT2D eigenvalue weighted by molar-refractivity contribution is 14.0. The van der Waals surface area contributed by atoms with Gasteiger partial charge in [0.25, 0.3) is 0 Å². The number of nitrogens with one attached hydrogen (secondary N) is 1. The topological polar surface area (TPSA) is 30.9 Å². The maximum atomic E-state index is 6.27. The summed E-state index contributed by atoms with van der Waals surface area (Å²) in [6.45, 7) is 10.4. The van der Waals surface area contributed by atoms with E-state index in [1.807, 2.05) is 18.2 Å². The lowest BCUT2D eigenvalue weighted by Gasteiger charge is -2.23. The summed E-state index contributed by atoms with van der Waals surface area (Å²) in [6.07, 6.45) is 1.25. The minimum Gasteiger partial charge on any atom is -0.357 e. The second-order valence-corrected chi connectivity index (χ2v) is 6.60. The van der Waals surface area contributed by atoms with E-state index in [-0.39, 0.29) is 24.0 Å². The molecule has 0 aromatic heterocycles. The quantitative estimate of drug-likeness (QED) is 0.396. The van der Waals surface area contributed by atoms with Crippen LogP contribution in [0.4, 0.5) is 0 Å². The van der Waals surface area contributed by atoms with Crippen LogP contribution >= 0.6 is 35.6 Å². The normalized spacial score (nSPS) is 18.3. The maximum Gasteiger partial charge on any atom is 0.193 e. The zero-order chi connectivity index (χ0) is 16.7. The number of rotatable bonds is 6. The van der Waals surface area contributed by atoms with E-state index in [1.54, 1.807) is 0 Å². The molecule has 1 atom stereocenters. The summed E-state index contributed by atoms with van der Waals surface area (Å²) in [4.78, 5) is 9.50. The molecule has 4 nitrogen and oxygen atoms in total. The molecule has 1 N–H and O–H groups in total. The largest absolute Gasteiger partial charge is 0.357 e. The van der Waals surface area contributed by atoms with Gasteiger partial charge in [-0.3, -0.25) is 4.99 Å². The van der Waals surface area contributed by atoms with Crippen molar-refractivity contribution in [2.24, 2.45) is 10.9 Å². The first-order chi connectivity index (χ1) is 11.1. The highest BCUT2D eigenvalue weighted by atomic mass is 127. The number of halogens is 2. The van der Waals surface area contributed by atoms with E-state index >= 15 is 0 Å². The highest BCUT2D eigenvalue weighted by Gasteiger charge is 2.21. The van der Waals surface area contributed by atoms with Crippen LogP contribution in [0.5, 0.6) is 0 Å². The summed E-state index contributed by atoms with van der Waals surface area (Å²) in [7, 11) is 2.07. The molecule has 1 aliphatic heterocycles. The molecule has 1 saturated heterocycles. The van der Waals surface area contributed by atoms with Crippen LogP contribution in [-0.2, 0) is 6.54 Å². The number of likely N-dealkylation sites (tertiary alicyclic amines) is 1. The molecular formula is C18H30ClIN4. The van der Waals surface area contributed by atoms with Crippen molar-refractivity contribution in [2.75, 3.05) is 39.8 Å². The summed E-state index contributed by atoms with van der Waals surface area (Å²) in [5.41, 5.74) is 1.13. The number of aliphatic imine (C=N–C) groups is 1. The fourth-order valence-corrected chi connectivity index (χ4v) is 3.19. The SMILES string of the molecule is CCNC(=NCC1CCN(CC)C1)N(C)Cc1ccccc1Cl.I. The summed E-state index contributed by atoms with van der Waals surface area (Å²) < 4.78 is 0. The Morgan fingerprint density at radius 2 is 2.12 bits per heavy atom. The summed E-state index contributed by atoms with van der Waals surface area (Å²) in [6, 6.07) is 7.99. The third kappa shape index (κ3) is 6.41. The van der Waals surface area contributed by atoms with Crippen molar-refractivity contribution in [3.8, 4) is 0 Å². The monoisotopic (exact) mass is 464 g/mol. The Kier molecular flexibility index (Phi) is 10.0. The van der Waals surface area contributed by atoms with Crippen molar-refractivity contribution >= 4 is 41.5 Å². The number of benzene rings is 1. The van der Waals surface area contributed by atoms with E-state index in [9.17, 15) is 0 Å². The standard InChI is InChI=1S/C18H29ClN4.HI/c1-4-20-18(21-12-15-10-11-23(5-2)13-15)22(3)14-16-8-6-7-9-17(16)19;/h6-9,15H,4-5,10-14H2,1-3H3,(H,20,21);1H. The van der Waals surface area contributed by atoms with Crippen molar-refractivity contribution in [1.82, 2.24) is 15.1 Å². The van der Waals surface area contributed by atoms with Crippen molar-refractivity contribution in [3.63, 3.8) is 0 Å². The van der Waals surface area contributed by atoms with E-state index in [1.165, 1.54) is 19.5 Å². The first-order valence-corrected chi connectivity index (χ1v) is 8.97. The maximum absolute atomic E-state index is 6.27. The average molecular weight is 465 g/mol. The highest BCUT2D eigenvalue weighted by Crippen LogP contribution is 2.18. The third-order valence-electron chi connectivity index (χ3n) is 4.38. The second-order valence-electron chi connectivity index (χ2n) is 6.19. The van der Waals surface area contributed by atoms with Gasteiger partial charge in [0.1, 0.15) is 0 Å². The molecule has 0 spiro atoms. The number of hydrogen-bond donors (Lipinski definition) is 1. The predicted octanol–water partition coefficient (Wildman–Crippen LogP) is 3.70. The second kappa shape index (κ2) is 11.2. The van der Waals surface area contributed by atoms with Crippen molar-refractivity contribution in [2.45, 2.75) is 26.8 Å². The lowest BCUT2D eigenvalue weighted by Crippen LogP contribution is -2.39. The van der Waals surface area contributed by atoms with Crippen molar-refractivity contribution in [3.05, 3.63) is 34.9 Å². The van der Waals surface area contributed by atoms with Gasteiger partial charge in [0.05, 0.1) is 0 Å². The zero-order valence-electron chi connectivity index (χ0n) is 15.0. The molecule has 0 aliphatic carbocycles. The lowest BCUT2D eigenvalue weighted by molar-refractivity contribution is 0.343. The van der Waals surface area contributed by atoms with Gasteiger partial charge in [-0.2, -0.15) is 0 Å². The van der Waals surface area contributed by atoms with Gasteiger partial charge in [0.15, 0.2) is 5.96 Å². The van der Waals surface area contributed by atoms with Crippen molar-refractivity contribution < 1.29 is 0 Å². The lowest BCUT2D eigenvalue weighted by atomic mass is 10.1. The molecule has 1 aromatic rings. The first-order valence-electron chi connectivity index (χ1n) is 8.59. The third-order valence-corrected chi connectivity index (χ3v) is 4.75. The van der Waals surface area contributed by atoms with Gasteiger partial charge in [0, 0.05) is 38.2 Å². The summed E-state index contributed by atoms with van der Waals surface area (Å²) in [5, 5.41) is 4.20. The molecule has 0 amide bonds. The van der Waals surface area contributed by atoms with E-state index in [0.29, 0.717) is 5.92 Å². The van der Waals surface area contributed by atoms with Gasteiger partial charge in [-0.15, -0.1) is 24.0 Å². The predicted molar refractivity (Wildman–Crippen MR) is 115 cm³/mol. The molecule has 136 valence electrons. The van der Waals surface area contributed by atoms with Gasteiger partial charge in [-0.05, 0) is 44.0 Å². The molecule has 0 bridgehead atoms. The van der Waals surface area contributed by atoms with Gasteiger partial charge in [0.2, 0.25) is 0 Å². The molecule has 1 unspecified atom stereocenters. The molecule has 1 aliphatic rings. The smallest absolute Gasteiger partial charge is 0.193 e. The van der Waals surface area contributed by atoms with E-state index in [0.717, 1.165) is 42.7 Å². The Hall–Kier alpha value is -0.530. The first kappa shape index (κ1) is 21.5. The molecule has 1 fully saturated rings. The molecule has 24 heavy (non-hydrogen) atoms. The van der Waals surface area contributed by atoms with E-state index in [2.05, 4.69) is 42.1 Å². The molecule has 0 saturated carbocycles. The van der Waals surface area contributed by atoms with Crippen LogP contribution in [0.25, 0.3) is 0 Å². The Bertz CT molecular complexity index is 523. The molecule has 0 radical (unpaired) electrons. The van der Waals surface area contributed by atoms with Gasteiger partial charge < -0.3 is 15.1 Å². The zero-order valence-corrected chi connectivity index (χ0v) is 18.1. The molecule has 6 heteroatoms. The summed E-state index contributed by atoms with van der Waals surface area (Å²) in [5.74, 6) is 1.64. The summed E-state index contributed by atoms with van der Waals surface area (Å²) >= 11 is 6.27. The van der Waals surface area contributed by atoms with Gasteiger partial charge in [-0.1, -0.05) is 36.7 Å². The van der Waals surface area contributed by atoms with Crippen LogP contribution in [0, 0.1) is 5.92 Å². The van der Waals surface area contributed by atoms with Crippen LogP contribution in [0.15, 0.2) is 29.3 Å². The fraction of sp³-hybridized carbons (Fsp3) is 0.611. The Morgan fingerprint density at radius 1 is 1.38 bits per heavy atom.